The molecule has 0 spiro atoms. The van der Waals surface area contributed by atoms with Crippen molar-refractivity contribution in [3.05, 3.63) is 11.9 Å². The minimum absolute atomic E-state index is 0.172. The Morgan fingerprint density at radius 2 is 2.31 bits per heavy atom. The summed E-state index contributed by atoms with van der Waals surface area (Å²) in [5, 5.41) is 0. The first-order chi connectivity index (χ1) is 7.57. The summed E-state index contributed by atoms with van der Waals surface area (Å²) < 4.78 is 16.1. The Kier molecular flexibility index (Phi) is 3.96. The van der Waals surface area contributed by atoms with Gasteiger partial charge in [0.2, 0.25) is 0 Å². The zero-order valence-electron chi connectivity index (χ0n) is 8.39. The summed E-state index contributed by atoms with van der Waals surface area (Å²) in [5.41, 5.74) is -0.865. The minimum atomic E-state index is -2.12. The average Bonchev–Trinajstić information content (AvgIpc) is 2.44. The molecule has 88 valence electrons. The summed E-state index contributed by atoms with van der Waals surface area (Å²) in [6.45, 7) is 0.274. The molecule has 5 nitrogen and oxygen atoms in total. The topological polar surface area (TPSA) is 68.2 Å². The maximum Gasteiger partial charge on any atom is 0.191 e. The molecule has 0 aromatic heterocycles. The van der Waals surface area contributed by atoms with Gasteiger partial charge in [0, 0.05) is 6.00 Å². The van der Waals surface area contributed by atoms with Crippen molar-refractivity contribution in [3.63, 3.8) is 0 Å². The van der Waals surface area contributed by atoms with Gasteiger partial charge in [-0.15, -0.1) is 0 Å². The summed E-state index contributed by atoms with van der Waals surface area (Å²) in [7, 11) is 3.61. The second-order valence-corrected chi connectivity index (χ2v) is 5.01. The second-order valence-electron chi connectivity index (χ2n) is 3.86. The molecule has 2 heterocycles. The predicted molar refractivity (Wildman–Crippen MR) is 62.1 cm³/mol. The molecule has 2 fully saturated rings. The van der Waals surface area contributed by atoms with Crippen molar-refractivity contribution in [3.8, 4) is 0 Å². The van der Waals surface area contributed by atoms with Crippen LogP contribution in [-0.4, -0.2) is 48.1 Å². The van der Waals surface area contributed by atoms with Crippen LogP contribution in [0.15, 0.2) is 11.9 Å². The Morgan fingerprint density at radius 3 is 2.94 bits per heavy atom. The summed E-state index contributed by atoms with van der Waals surface area (Å²) in [4.78, 5) is 17.8. The first-order valence-electron chi connectivity index (χ1n) is 4.79. The number of thiol groups is 1. The molecule has 16 heavy (non-hydrogen) atoms. The normalized spacial score (nSPS) is 43.4. The molecule has 2 saturated heterocycles. The average molecular weight is 262 g/mol. The minimum Gasteiger partial charge on any atom is -0.372 e. The lowest BCUT2D eigenvalue weighted by atomic mass is 9.83. The largest absolute Gasteiger partial charge is 0.372 e. The molecule has 2 radical (unpaired) electrons. The summed E-state index contributed by atoms with van der Waals surface area (Å²) in [6.07, 6.45) is 1.52. The van der Waals surface area contributed by atoms with Crippen molar-refractivity contribution in [1.82, 2.24) is 0 Å². The van der Waals surface area contributed by atoms with Gasteiger partial charge >= 0.3 is 0 Å². The van der Waals surface area contributed by atoms with E-state index in [0.29, 0.717) is 6.42 Å². The van der Waals surface area contributed by atoms with Crippen LogP contribution in [0.25, 0.3) is 0 Å². The van der Waals surface area contributed by atoms with Gasteiger partial charge in [0.25, 0.3) is 0 Å². The van der Waals surface area contributed by atoms with E-state index in [1.807, 2.05) is 0 Å². The Morgan fingerprint density at radius 1 is 1.56 bits per heavy atom. The Labute approximate surface area is 102 Å². The molecule has 2 aliphatic heterocycles. The quantitative estimate of drug-likeness (QED) is 0.291. The van der Waals surface area contributed by atoms with Crippen molar-refractivity contribution in [2.75, 3.05) is 6.61 Å². The smallest absolute Gasteiger partial charge is 0.191 e. The SMILES string of the molecule is [B]C1CC2OCC(/C=C/P(O)O)(O1)C2OS. The second kappa shape index (κ2) is 4.94. The lowest BCUT2D eigenvalue weighted by molar-refractivity contribution is -0.101. The van der Waals surface area contributed by atoms with E-state index < -0.39 is 20.0 Å². The van der Waals surface area contributed by atoms with Crippen LogP contribution >= 0.6 is 21.3 Å². The molecule has 0 aromatic carbocycles. The Hall–Kier alpha value is 0.385. The maximum atomic E-state index is 8.88. The van der Waals surface area contributed by atoms with Crippen LogP contribution in [0.4, 0.5) is 0 Å². The first kappa shape index (κ1) is 12.8. The third kappa shape index (κ3) is 2.31. The highest BCUT2D eigenvalue weighted by atomic mass is 32.1. The summed E-state index contributed by atoms with van der Waals surface area (Å²) >= 11 is 3.80. The highest BCUT2D eigenvalue weighted by molar-refractivity contribution is 7.75. The monoisotopic (exact) mass is 262 g/mol. The van der Waals surface area contributed by atoms with Gasteiger partial charge in [-0.25, -0.2) is 0 Å². The lowest BCUT2D eigenvalue weighted by Gasteiger charge is -2.38. The van der Waals surface area contributed by atoms with Gasteiger partial charge in [-0.1, -0.05) is 0 Å². The number of rotatable bonds is 3. The summed E-state index contributed by atoms with van der Waals surface area (Å²) in [5.74, 6) is 1.26. The van der Waals surface area contributed by atoms with E-state index in [1.54, 1.807) is 6.08 Å². The fourth-order valence-electron chi connectivity index (χ4n) is 2.11. The van der Waals surface area contributed by atoms with Gasteiger partial charge in [-0.3, -0.25) is 0 Å². The number of ether oxygens (including phenoxy) is 2. The van der Waals surface area contributed by atoms with Gasteiger partial charge < -0.3 is 23.4 Å². The fraction of sp³-hybridized carbons (Fsp3) is 0.750. The molecule has 4 unspecified atom stereocenters. The molecule has 2 rings (SSSR count). The number of hydrogen-bond acceptors (Lipinski definition) is 6. The molecule has 2 N–H and O–H groups in total. The van der Waals surface area contributed by atoms with Crippen LogP contribution < -0.4 is 0 Å². The fourth-order valence-corrected chi connectivity index (χ4v) is 2.81. The number of fused-ring (bicyclic) bond motifs is 2. The van der Waals surface area contributed by atoms with E-state index in [0.717, 1.165) is 0 Å². The van der Waals surface area contributed by atoms with Crippen LogP contribution in [0.5, 0.6) is 0 Å². The molecule has 0 saturated carbocycles. The standard InChI is InChI=1S/C8H12BO5PS/c9-6-3-5-7(14-16)8(13-6,4-12-5)1-2-15(10)11/h1-2,5-7,10-11,16H,3-4H2/b2-1+. The van der Waals surface area contributed by atoms with E-state index in [9.17, 15) is 0 Å². The molecule has 2 aliphatic rings. The van der Waals surface area contributed by atoms with E-state index in [-0.39, 0.29) is 18.8 Å². The van der Waals surface area contributed by atoms with Crippen molar-refractivity contribution >= 4 is 29.1 Å². The highest BCUT2D eigenvalue weighted by Crippen LogP contribution is 2.41. The van der Waals surface area contributed by atoms with E-state index >= 15 is 0 Å². The molecule has 2 bridgehead atoms. The third-order valence-corrected chi connectivity index (χ3v) is 3.42. The lowest BCUT2D eigenvalue weighted by Crippen LogP contribution is -2.52. The molecule has 8 heteroatoms. The van der Waals surface area contributed by atoms with Crippen LogP contribution in [0, 0.1) is 0 Å². The van der Waals surface area contributed by atoms with E-state index in [4.69, 9.17) is 31.3 Å². The van der Waals surface area contributed by atoms with E-state index in [2.05, 4.69) is 12.9 Å². The van der Waals surface area contributed by atoms with Gasteiger partial charge in [-0.2, -0.15) is 0 Å². The molecule has 0 amide bonds. The molecular formula is C8H12BO5PS. The third-order valence-electron chi connectivity index (χ3n) is 2.78. The zero-order chi connectivity index (χ0) is 11.8. The zero-order valence-corrected chi connectivity index (χ0v) is 10.2. The maximum absolute atomic E-state index is 8.88. The van der Waals surface area contributed by atoms with Gasteiger partial charge in [-0.05, 0) is 31.2 Å². The molecule has 4 atom stereocenters. The Bertz CT molecular complexity index is 292. The van der Waals surface area contributed by atoms with Crippen LogP contribution in [0.3, 0.4) is 0 Å². The Balaban J connectivity index is 2.21. The predicted octanol–water partition coefficient (Wildman–Crippen LogP) is 0.0791. The molecule has 0 aliphatic carbocycles. The van der Waals surface area contributed by atoms with Crippen molar-refractivity contribution in [2.24, 2.45) is 0 Å². The van der Waals surface area contributed by atoms with Crippen molar-refractivity contribution in [2.45, 2.75) is 30.2 Å². The van der Waals surface area contributed by atoms with Crippen molar-refractivity contribution < 1.29 is 23.4 Å². The molecule has 0 aromatic rings. The molecular weight excluding hydrogens is 250 g/mol. The first-order valence-corrected chi connectivity index (χ1v) is 6.47. The van der Waals surface area contributed by atoms with Gasteiger partial charge in [0.05, 0.1) is 12.7 Å². The number of hydrogen-bond donors (Lipinski definition) is 3. The van der Waals surface area contributed by atoms with Crippen LogP contribution in [0.1, 0.15) is 6.42 Å². The van der Waals surface area contributed by atoms with Gasteiger partial charge in [0.1, 0.15) is 19.6 Å². The van der Waals surface area contributed by atoms with Crippen molar-refractivity contribution in [1.29, 1.82) is 0 Å². The highest BCUT2D eigenvalue weighted by Gasteiger charge is 2.54. The van der Waals surface area contributed by atoms with Crippen LogP contribution in [0.2, 0.25) is 0 Å². The van der Waals surface area contributed by atoms with E-state index in [1.165, 1.54) is 5.82 Å². The van der Waals surface area contributed by atoms with Crippen LogP contribution in [-0.2, 0) is 13.7 Å². The van der Waals surface area contributed by atoms with Gasteiger partial charge in [0.15, 0.2) is 8.38 Å². The summed E-state index contributed by atoms with van der Waals surface area (Å²) in [6, 6.07) is -0.444.